The van der Waals surface area contributed by atoms with E-state index >= 15 is 0 Å². The lowest BCUT2D eigenvalue weighted by Gasteiger charge is -2.19. The van der Waals surface area contributed by atoms with Gasteiger partial charge in [-0.15, -0.1) is 0 Å². The van der Waals surface area contributed by atoms with Gasteiger partial charge in [-0.1, -0.05) is 334 Å². The number of unbranched alkanes of at least 4 members (excludes halogenated alkanes) is 48. The monoisotopic (exact) mass is 928 g/mol. The third-order valence-corrected chi connectivity index (χ3v) is 14.4. The van der Waals surface area contributed by atoms with Crippen molar-refractivity contribution in [3.05, 3.63) is 24.3 Å². The van der Waals surface area contributed by atoms with Gasteiger partial charge in [0.2, 0.25) is 5.91 Å². The largest absolute Gasteiger partial charge is 0.394 e. The third-order valence-electron chi connectivity index (χ3n) is 14.4. The van der Waals surface area contributed by atoms with Gasteiger partial charge in [-0.05, 0) is 32.1 Å². The molecule has 4 heteroatoms. The average molecular weight is 929 g/mol. The zero-order chi connectivity index (χ0) is 47.7. The van der Waals surface area contributed by atoms with Crippen molar-refractivity contribution in [2.24, 2.45) is 0 Å². The zero-order valence-corrected chi connectivity index (χ0v) is 45.2. The lowest BCUT2D eigenvalue weighted by Crippen LogP contribution is -2.45. The second-order valence-electron chi connectivity index (χ2n) is 21.1. The SMILES string of the molecule is CCCCCCCCCCCCCCCCCCC/C=C/CC/C=C/C(O)C(CO)NC(=O)CCCCCCCCCCCCCCCCCCCCCCCCCCCCCCCCC. The first kappa shape index (κ1) is 64.9. The van der Waals surface area contributed by atoms with E-state index in [9.17, 15) is 15.0 Å². The molecule has 66 heavy (non-hydrogen) atoms. The van der Waals surface area contributed by atoms with Crippen LogP contribution < -0.4 is 5.32 Å². The maximum absolute atomic E-state index is 12.5. The molecule has 0 bridgehead atoms. The van der Waals surface area contributed by atoms with Crippen LogP contribution in [0.3, 0.4) is 0 Å². The molecule has 3 N–H and O–H groups in total. The fourth-order valence-electron chi connectivity index (χ4n) is 9.79. The van der Waals surface area contributed by atoms with E-state index in [2.05, 4.69) is 31.3 Å². The number of hydrogen-bond acceptors (Lipinski definition) is 3. The van der Waals surface area contributed by atoms with Crippen molar-refractivity contribution in [2.45, 2.75) is 360 Å². The number of rotatable bonds is 57. The average Bonchev–Trinajstić information content (AvgIpc) is 3.32. The quantitative estimate of drug-likeness (QED) is 0.0420. The predicted molar refractivity (Wildman–Crippen MR) is 295 cm³/mol. The summed E-state index contributed by atoms with van der Waals surface area (Å²) in [6, 6.07) is -0.637. The molecule has 0 radical (unpaired) electrons. The van der Waals surface area contributed by atoms with Gasteiger partial charge >= 0.3 is 0 Å². The first-order chi connectivity index (χ1) is 32.7. The van der Waals surface area contributed by atoms with E-state index in [0.29, 0.717) is 6.42 Å². The molecule has 0 aromatic heterocycles. The number of allylic oxidation sites excluding steroid dienone is 3. The molecular formula is C62H121NO3. The van der Waals surface area contributed by atoms with Gasteiger partial charge in [0.1, 0.15) is 0 Å². The first-order valence-corrected chi connectivity index (χ1v) is 30.6. The lowest BCUT2D eigenvalue weighted by atomic mass is 10.0. The number of nitrogens with one attached hydrogen (secondary N) is 1. The van der Waals surface area contributed by atoms with Gasteiger partial charge in [0, 0.05) is 6.42 Å². The molecule has 0 rings (SSSR count). The van der Waals surface area contributed by atoms with Crippen LogP contribution in [0.15, 0.2) is 24.3 Å². The van der Waals surface area contributed by atoms with Gasteiger partial charge in [0.25, 0.3) is 0 Å². The van der Waals surface area contributed by atoms with Crippen molar-refractivity contribution in [3.63, 3.8) is 0 Å². The highest BCUT2D eigenvalue weighted by Crippen LogP contribution is 2.18. The third kappa shape index (κ3) is 53.8. The van der Waals surface area contributed by atoms with Crippen molar-refractivity contribution in [2.75, 3.05) is 6.61 Å². The molecule has 0 aromatic carbocycles. The highest BCUT2D eigenvalue weighted by Gasteiger charge is 2.18. The second-order valence-corrected chi connectivity index (χ2v) is 21.1. The van der Waals surface area contributed by atoms with Gasteiger partial charge < -0.3 is 15.5 Å². The van der Waals surface area contributed by atoms with Crippen LogP contribution in [-0.2, 0) is 4.79 Å². The fourth-order valence-corrected chi connectivity index (χ4v) is 9.79. The molecule has 392 valence electrons. The second kappa shape index (κ2) is 58.2. The summed E-state index contributed by atoms with van der Waals surface area (Å²) < 4.78 is 0. The van der Waals surface area contributed by atoms with Crippen LogP contribution in [0.5, 0.6) is 0 Å². The van der Waals surface area contributed by atoms with Gasteiger partial charge in [-0.25, -0.2) is 0 Å². The van der Waals surface area contributed by atoms with E-state index in [1.165, 1.54) is 295 Å². The molecule has 4 nitrogen and oxygen atoms in total. The van der Waals surface area contributed by atoms with Crippen LogP contribution in [0.25, 0.3) is 0 Å². The Balaban J connectivity index is 3.45. The fraction of sp³-hybridized carbons (Fsp3) is 0.919. The van der Waals surface area contributed by atoms with Crippen molar-refractivity contribution in [1.82, 2.24) is 5.32 Å². The van der Waals surface area contributed by atoms with Crippen LogP contribution in [0.2, 0.25) is 0 Å². The molecule has 0 aliphatic carbocycles. The van der Waals surface area contributed by atoms with Crippen molar-refractivity contribution in [3.8, 4) is 0 Å². The minimum atomic E-state index is -0.860. The van der Waals surface area contributed by atoms with E-state index in [4.69, 9.17) is 0 Å². The summed E-state index contributed by atoms with van der Waals surface area (Å²) in [6.45, 7) is 4.34. The van der Waals surface area contributed by atoms with Crippen molar-refractivity contribution in [1.29, 1.82) is 0 Å². The standard InChI is InChI=1S/C62H121NO3/c1-3-5-7-9-11-13-15-17-19-21-23-25-27-28-29-30-31-32-33-34-36-38-40-42-44-46-48-50-52-54-56-58-62(66)63-60(59-64)61(65)57-55-53-51-49-47-45-43-41-39-37-35-26-24-22-20-18-16-14-12-10-8-6-4-2/h47,49,55,57,60-61,64-65H,3-46,48,50-54,56,58-59H2,1-2H3,(H,63,66)/b49-47+,57-55+. The predicted octanol–water partition coefficient (Wildman–Crippen LogP) is 20.3. The van der Waals surface area contributed by atoms with E-state index in [1.807, 2.05) is 6.08 Å². The normalized spacial score (nSPS) is 12.8. The lowest BCUT2D eigenvalue weighted by molar-refractivity contribution is -0.123. The molecule has 0 aliphatic rings. The summed E-state index contributed by atoms with van der Waals surface area (Å²) in [4.78, 5) is 12.5. The molecule has 2 unspecified atom stereocenters. The maximum Gasteiger partial charge on any atom is 0.220 e. The van der Waals surface area contributed by atoms with Gasteiger partial charge in [0.15, 0.2) is 0 Å². The van der Waals surface area contributed by atoms with E-state index in [0.717, 1.165) is 32.1 Å². The number of aliphatic hydroxyl groups is 2. The molecule has 2 atom stereocenters. The summed E-state index contributed by atoms with van der Waals surface area (Å²) in [7, 11) is 0. The van der Waals surface area contributed by atoms with Crippen LogP contribution in [0.1, 0.15) is 348 Å². The Bertz CT molecular complexity index is 963. The molecule has 0 heterocycles. The van der Waals surface area contributed by atoms with Gasteiger partial charge in [0.05, 0.1) is 18.8 Å². The van der Waals surface area contributed by atoms with Gasteiger partial charge in [-0.2, -0.15) is 0 Å². The van der Waals surface area contributed by atoms with E-state index in [-0.39, 0.29) is 12.5 Å². The Morgan fingerprint density at radius 3 is 0.879 bits per heavy atom. The highest BCUT2D eigenvalue weighted by atomic mass is 16.3. The van der Waals surface area contributed by atoms with Crippen LogP contribution >= 0.6 is 0 Å². The summed E-state index contributed by atoms with van der Waals surface area (Å²) in [5.41, 5.74) is 0. The van der Waals surface area contributed by atoms with Gasteiger partial charge in [-0.3, -0.25) is 4.79 Å². The molecule has 0 aromatic rings. The summed E-state index contributed by atoms with van der Waals surface area (Å²) in [5, 5.41) is 23.2. The molecule has 0 saturated heterocycles. The Labute approximate surface area is 415 Å². The molecule has 0 spiro atoms. The number of carbonyl (C=O) groups excluding carboxylic acids is 1. The molecule has 0 aliphatic heterocycles. The van der Waals surface area contributed by atoms with Crippen LogP contribution in [0, 0.1) is 0 Å². The van der Waals surface area contributed by atoms with E-state index in [1.54, 1.807) is 6.08 Å². The topological polar surface area (TPSA) is 69.6 Å². The Hall–Kier alpha value is -1.13. The Kier molecular flexibility index (Phi) is 57.2. The van der Waals surface area contributed by atoms with Crippen LogP contribution in [-0.4, -0.2) is 34.9 Å². The number of hydrogen-bond donors (Lipinski definition) is 3. The van der Waals surface area contributed by atoms with Crippen LogP contribution in [0.4, 0.5) is 0 Å². The number of carbonyl (C=O) groups is 1. The molecule has 0 saturated carbocycles. The minimum absolute atomic E-state index is 0.0656. The number of amides is 1. The zero-order valence-electron chi connectivity index (χ0n) is 45.2. The Morgan fingerprint density at radius 2 is 0.591 bits per heavy atom. The summed E-state index contributed by atoms with van der Waals surface area (Å²) >= 11 is 0. The highest BCUT2D eigenvalue weighted by molar-refractivity contribution is 5.76. The maximum atomic E-state index is 12.5. The molecular weight excluding hydrogens is 807 g/mol. The minimum Gasteiger partial charge on any atom is -0.394 e. The van der Waals surface area contributed by atoms with Crippen molar-refractivity contribution >= 4 is 5.91 Å². The number of aliphatic hydroxyl groups excluding tert-OH is 2. The first-order valence-electron chi connectivity index (χ1n) is 30.6. The summed E-state index contributed by atoms with van der Waals surface area (Å²) in [5.74, 6) is -0.0656. The Morgan fingerprint density at radius 1 is 0.348 bits per heavy atom. The molecule has 1 amide bonds. The smallest absolute Gasteiger partial charge is 0.220 e. The molecule has 0 fully saturated rings. The van der Waals surface area contributed by atoms with E-state index < -0.39 is 12.1 Å². The van der Waals surface area contributed by atoms with Crippen molar-refractivity contribution < 1.29 is 15.0 Å². The summed E-state index contributed by atoms with van der Waals surface area (Å²) in [6.07, 6.45) is 78.0.